The summed E-state index contributed by atoms with van der Waals surface area (Å²) >= 11 is 5.20. The quantitative estimate of drug-likeness (QED) is 0.0478. The van der Waals surface area contributed by atoms with Gasteiger partial charge in [0, 0.05) is 126 Å². The van der Waals surface area contributed by atoms with Gasteiger partial charge in [0.25, 0.3) is 0 Å². The summed E-state index contributed by atoms with van der Waals surface area (Å²) in [6, 6.07) is 0. The molecule has 16 heteroatoms. The molecule has 15 nitrogen and oxygen atoms in total. The lowest BCUT2D eigenvalue weighted by Gasteiger charge is -2.15. The molecule has 0 saturated heterocycles. The second-order valence-electron chi connectivity index (χ2n) is 35.7. The molecule has 0 bridgehead atoms. The zero-order chi connectivity index (χ0) is 86.6. The Labute approximate surface area is 656 Å². The Morgan fingerprint density at radius 3 is 0.860 bits per heavy atom. The maximum atomic E-state index is 11.5. The first-order valence-corrected chi connectivity index (χ1v) is 38.3. The van der Waals surface area contributed by atoms with Gasteiger partial charge in [-0.15, -0.1) is 11.6 Å². The highest BCUT2D eigenvalue weighted by molar-refractivity contribution is 6.27. The molecule has 0 aromatic carbocycles. The molecule has 1 aliphatic carbocycles. The maximum Gasteiger partial charge on any atom is 0.160 e. The standard InChI is InChI=1S/C13H20O2.2C12H20O2.2C11H18O2.C10H16O2.C9H16O.C8H14O.C5H9ClO/c1-13(2,3)12(15)9-8-11(14)7-6-10-4-5-10;1-9(2)8-10(13)6-7-11(14)12(3,4)5;1-5-6-7-10(13)8-9-11(14)12(2,3)4;1-8(2)9(12)6-7-10(13)11(3,4)5;1-5-6-9(12)7-8-10(13)11(2,3)4;1-5-8(11)6-7-9(12)10(2,3)4;1-7(2)6-8(10)9(3,4)5;1-5-6-7(9)8(2,3)4;1-4(2)5(7)3-6/h6-7,10H,4-5,8-9H2,1-3H3;8H,6-7H2,1-5H3;6-7H,5,8-9H2,1-4H3;1,6-7H2,2-5H3;5-6H,7-8H2,1-4H3;5H,1,6-7H2,2-4H3;6H,1-5H3;5-6H,1-4H3;4H,3H2,1-2H3/b7-6+;;7-6+;;6-5+;;;6-5+;. The second-order valence-corrected chi connectivity index (χ2v) is 36.0. The number of hydrogen-bond donors (Lipinski definition) is 0. The number of halogens is 1. The summed E-state index contributed by atoms with van der Waals surface area (Å²) in [6.45, 7) is 70.7. The lowest BCUT2D eigenvalue weighted by Crippen LogP contribution is -2.20. The molecule has 0 aromatic rings. The lowest BCUT2D eigenvalue weighted by atomic mass is 9.87. The third kappa shape index (κ3) is 78.7. The van der Waals surface area contributed by atoms with Crippen LogP contribution in [0.1, 0.15) is 332 Å². The van der Waals surface area contributed by atoms with Gasteiger partial charge in [0.1, 0.15) is 40.5 Å². The minimum atomic E-state index is -0.338. The Hall–Kier alpha value is -6.74. The fraction of sp³-hybridized carbons (Fsp3) is 0.659. The largest absolute Gasteiger partial charge is 0.299 e. The van der Waals surface area contributed by atoms with E-state index in [1.165, 1.54) is 25.0 Å². The highest BCUT2D eigenvalue weighted by Crippen LogP contribution is 2.30. The molecule has 1 fully saturated rings. The van der Waals surface area contributed by atoms with E-state index in [4.69, 9.17) is 11.6 Å². The van der Waals surface area contributed by atoms with E-state index in [0.29, 0.717) is 88.5 Å². The van der Waals surface area contributed by atoms with Crippen LogP contribution in [0.25, 0.3) is 0 Å². The number of carbonyl (C=O) groups excluding carboxylic acids is 15. The molecule has 0 aromatic heterocycles. The van der Waals surface area contributed by atoms with Crippen LogP contribution in [0.3, 0.4) is 0 Å². The first-order valence-electron chi connectivity index (χ1n) is 37.7. The molecule has 0 N–H and O–H groups in total. The number of rotatable bonds is 30. The zero-order valence-corrected chi connectivity index (χ0v) is 74.5. The number of alkyl halides is 1. The molecule has 0 atom stereocenters. The predicted molar refractivity (Wildman–Crippen MR) is 447 cm³/mol. The van der Waals surface area contributed by atoms with Gasteiger partial charge in [-0.3, -0.25) is 71.9 Å². The van der Waals surface area contributed by atoms with Crippen LogP contribution in [-0.2, 0) is 71.9 Å². The third-order valence-electron chi connectivity index (χ3n) is 14.8. The van der Waals surface area contributed by atoms with E-state index in [0.717, 1.165) is 17.6 Å². The summed E-state index contributed by atoms with van der Waals surface area (Å²) in [5, 5.41) is 0. The van der Waals surface area contributed by atoms with Crippen LogP contribution in [0.5, 0.6) is 0 Å². The van der Waals surface area contributed by atoms with Gasteiger partial charge >= 0.3 is 0 Å². The first-order chi connectivity index (χ1) is 48.0. The van der Waals surface area contributed by atoms with Gasteiger partial charge in [0.05, 0.1) is 5.88 Å². The first kappa shape index (κ1) is 116. The van der Waals surface area contributed by atoms with Crippen molar-refractivity contribution >= 4 is 98.3 Å². The Balaban J connectivity index is -0.000000173. The van der Waals surface area contributed by atoms with Crippen molar-refractivity contribution in [2.24, 2.45) is 55.2 Å². The number of ketones is 15. The third-order valence-corrected chi connectivity index (χ3v) is 15.1. The number of carbonyl (C=O) groups is 15. The zero-order valence-electron chi connectivity index (χ0n) is 73.7. The minimum Gasteiger partial charge on any atom is -0.299 e. The fourth-order valence-electron chi connectivity index (χ4n) is 6.62. The van der Waals surface area contributed by atoms with Crippen molar-refractivity contribution in [3.8, 4) is 0 Å². The van der Waals surface area contributed by atoms with Gasteiger partial charge in [0.15, 0.2) is 46.3 Å². The monoisotopic (exact) mass is 1520 g/mol. The van der Waals surface area contributed by atoms with E-state index >= 15 is 0 Å². The average molecular weight is 1520 g/mol. The minimum absolute atomic E-state index is 0.0161. The van der Waals surface area contributed by atoms with Crippen molar-refractivity contribution < 1.29 is 71.9 Å². The summed E-state index contributed by atoms with van der Waals surface area (Å²) in [6.07, 6.45) is 25.5. The molecule has 0 aliphatic heterocycles. The van der Waals surface area contributed by atoms with Crippen LogP contribution < -0.4 is 0 Å². The molecule has 1 aliphatic rings. The van der Waals surface area contributed by atoms with Gasteiger partial charge in [0.2, 0.25) is 0 Å². The van der Waals surface area contributed by atoms with Gasteiger partial charge in [-0.2, -0.15) is 0 Å². The Morgan fingerprint density at radius 1 is 0.374 bits per heavy atom. The van der Waals surface area contributed by atoms with E-state index in [2.05, 4.69) is 13.2 Å². The highest BCUT2D eigenvalue weighted by atomic mass is 35.5. The van der Waals surface area contributed by atoms with Gasteiger partial charge < -0.3 is 0 Å². The van der Waals surface area contributed by atoms with Gasteiger partial charge in [-0.05, 0) is 122 Å². The molecule has 0 amide bonds. The number of Topliss-reactive ketones (excluding diaryl/α,β-unsaturated/α-hetero) is 8. The molecule has 107 heavy (non-hydrogen) atoms. The summed E-state index contributed by atoms with van der Waals surface area (Å²) in [7, 11) is 0. The average Bonchev–Trinajstić information content (AvgIpc) is 1.60. The summed E-state index contributed by atoms with van der Waals surface area (Å²) in [5.74, 6) is 2.35. The molecule has 0 heterocycles. The van der Waals surface area contributed by atoms with Crippen molar-refractivity contribution in [3.05, 3.63) is 96.7 Å². The van der Waals surface area contributed by atoms with E-state index in [-0.39, 0.29) is 142 Å². The predicted octanol–water partition coefficient (Wildman–Crippen LogP) is 22.1. The van der Waals surface area contributed by atoms with Crippen molar-refractivity contribution in [3.63, 3.8) is 0 Å². The molecule has 0 unspecified atom stereocenters. The molecule has 1 saturated carbocycles. The van der Waals surface area contributed by atoms with Crippen molar-refractivity contribution in [1.29, 1.82) is 0 Å². The van der Waals surface area contributed by atoms with Crippen molar-refractivity contribution in [2.75, 3.05) is 5.88 Å². The highest BCUT2D eigenvalue weighted by Gasteiger charge is 2.27. The van der Waals surface area contributed by atoms with E-state index in [1.807, 2.05) is 234 Å². The summed E-state index contributed by atoms with van der Waals surface area (Å²) < 4.78 is 0. The molecule has 1 rings (SSSR count). The topological polar surface area (TPSA) is 256 Å². The van der Waals surface area contributed by atoms with Crippen molar-refractivity contribution in [1.82, 2.24) is 0 Å². The van der Waals surface area contributed by atoms with Crippen LogP contribution >= 0.6 is 11.6 Å². The second kappa shape index (κ2) is 58.3. The van der Waals surface area contributed by atoms with Gasteiger partial charge in [-0.1, -0.05) is 236 Å². The van der Waals surface area contributed by atoms with Crippen LogP contribution in [0.4, 0.5) is 0 Å². The summed E-state index contributed by atoms with van der Waals surface area (Å²) in [5.41, 5.74) is 0.178. The van der Waals surface area contributed by atoms with Gasteiger partial charge in [-0.25, -0.2) is 0 Å². The maximum absolute atomic E-state index is 11.5. The van der Waals surface area contributed by atoms with Crippen LogP contribution in [0.15, 0.2) is 96.7 Å². The Kier molecular flexibility index (Phi) is 63.2. The molecule has 0 spiro atoms. The van der Waals surface area contributed by atoms with Crippen molar-refractivity contribution in [2.45, 2.75) is 332 Å². The van der Waals surface area contributed by atoms with E-state index in [9.17, 15) is 71.9 Å². The molecule has 612 valence electrons. The molecular formula is C91H151ClO15. The summed E-state index contributed by atoms with van der Waals surface area (Å²) in [4.78, 5) is 168. The van der Waals surface area contributed by atoms with E-state index in [1.54, 1.807) is 56.4 Å². The Morgan fingerprint density at radius 2 is 0.654 bits per heavy atom. The fourth-order valence-corrected chi connectivity index (χ4v) is 6.93. The van der Waals surface area contributed by atoms with E-state index < -0.39 is 0 Å². The smallest absolute Gasteiger partial charge is 0.160 e. The van der Waals surface area contributed by atoms with Crippen LogP contribution in [-0.4, -0.2) is 92.6 Å². The Bertz CT molecular complexity index is 3040. The van der Waals surface area contributed by atoms with Crippen LogP contribution in [0.2, 0.25) is 0 Å². The SMILES string of the molecule is C/C=C/C(=O)C(C)(C)C.C/C=C/C(=O)CCC(=O)C(C)(C)C.C=C(C)C(=O)CCC(=O)C(C)(C)C.C=CC(=O)CCC(=O)C(C)(C)C.CC(C)(C)C(=O)CCC(=O)/C=C/C1CC1.CC(C)=CC(=O)C(C)(C)C.CC(C)=CC(=O)CCC(=O)C(C)(C)C.CC(C)C(=O)CCl.CC/C=C/C(=O)CCC(=O)C(C)(C)C. The molecule has 0 radical (unpaired) electrons. The lowest BCUT2D eigenvalue weighted by molar-refractivity contribution is -0.128. The molecular weight excluding hydrogens is 1370 g/mol. The normalized spacial score (nSPS) is 12.1. The number of allylic oxidation sites excluding steroid dienone is 14. The van der Waals surface area contributed by atoms with Crippen LogP contribution in [0, 0.1) is 55.2 Å². The number of hydrogen-bond acceptors (Lipinski definition) is 15.